The van der Waals surface area contributed by atoms with Crippen LogP contribution >= 0.6 is 0 Å². The van der Waals surface area contributed by atoms with Gasteiger partial charge in [-0.15, -0.1) is 0 Å². The van der Waals surface area contributed by atoms with Crippen LogP contribution in [0, 0.1) is 0 Å². The highest BCUT2D eigenvalue weighted by Gasteiger charge is 2.22. The normalized spacial score (nSPS) is 20.1. The lowest BCUT2D eigenvalue weighted by Gasteiger charge is -2.30. The third-order valence-electron chi connectivity index (χ3n) is 1.56. The standard InChI is InChI=1S/C6H14O4S2/c1-5(11(7)8)4-6(2,3)12(9)10/h5H,4H2,1-3H3,(H,7,8)(H,9,10)/p-2. The molecule has 0 radical (unpaired) electrons. The van der Waals surface area contributed by atoms with Crippen LogP contribution in [-0.4, -0.2) is 27.5 Å². The SMILES string of the molecule is CC(CC(C)(C)S(=O)[O-])S(=O)[O-]. The van der Waals surface area contributed by atoms with Crippen molar-refractivity contribution in [2.45, 2.75) is 37.2 Å². The van der Waals surface area contributed by atoms with E-state index in [0.717, 1.165) is 0 Å². The second-order valence-electron chi connectivity index (χ2n) is 3.27. The van der Waals surface area contributed by atoms with Gasteiger partial charge >= 0.3 is 0 Å². The van der Waals surface area contributed by atoms with Gasteiger partial charge in [-0.2, -0.15) is 0 Å². The minimum atomic E-state index is -2.24. The lowest BCUT2D eigenvalue weighted by Crippen LogP contribution is -2.32. The summed E-state index contributed by atoms with van der Waals surface area (Å²) in [6, 6.07) is 0. The van der Waals surface area contributed by atoms with Crippen molar-refractivity contribution >= 4 is 22.2 Å². The van der Waals surface area contributed by atoms with Gasteiger partial charge in [-0.1, -0.05) is 18.0 Å². The molecular formula is C6H12O4S2-2. The van der Waals surface area contributed by atoms with Crippen molar-refractivity contribution in [1.29, 1.82) is 0 Å². The fraction of sp³-hybridized carbons (Fsp3) is 1.00. The first-order valence-electron chi connectivity index (χ1n) is 3.45. The van der Waals surface area contributed by atoms with Gasteiger partial charge in [0, 0.05) is 10.00 Å². The highest BCUT2D eigenvalue weighted by atomic mass is 32.2. The molecule has 0 bridgehead atoms. The first kappa shape index (κ1) is 12.2. The summed E-state index contributed by atoms with van der Waals surface area (Å²) in [5, 5.41) is -0.627. The fourth-order valence-electron chi connectivity index (χ4n) is 0.828. The van der Waals surface area contributed by atoms with E-state index in [1.807, 2.05) is 0 Å². The van der Waals surface area contributed by atoms with Gasteiger partial charge in [-0.05, 0) is 31.3 Å². The second-order valence-corrected chi connectivity index (χ2v) is 6.17. The molecule has 0 amide bonds. The molecule has 0 N–H and O–H groups in total. The van der Waals surface area contributed by atoms with E-state index >= 15 is 0 Å². The minimum Gasteiger partial charge on any atom is -0.772 e. The summed E-state index contributed by atoms with van der Waals surface area (Å²) >= 11 is -4.43. The molecule has 3 atom stereocenters. The Labute approximate surface area is 77.3 Å². The van der Waals surface area contributed by atoms with Crippen LogP contribution in [0.4, 0.5) is 0 Å². The molecule has 0 aromatic rings. The molecule has 0 aromatic heterocycles. The van der Waals surface area contributed by atoms with Gasteiger partial charge in [-0.3, -0.25) is 8.42 Å². The molecule has 0 saturated carbocycles. The van der Waals surface area contributed by atoms with Crippen LogP contribution in [0.3, 0.4) is 0 Å². The minimum absolute atomic E-state index is 0.124. The zero-order valence-corrected chi connectivity index (χ0v) is 8.87. The molecule has 74 valence electrons. The summed E-state index contributed by atoms with van der Waals surface area (Å²) in [7, 11) is 0. The summed E-state index contributed by atoms with van der Waals surface area (Å²) in [5.74, 6) is 0. The summed E-state index contributed by atoms with van der Waals surface area (Å²) in [5.41, 5.74) is 0. The van der Waals surface area contributed by atoms with E-state index in [4.69, 9.17) is 0 Å². The van der Waals surface area contributed by atoms with Crippen molar-refractivity contribution in [3.8, 4) is 0 Å². The molecule has 0 aliphatic rings. The Kier molecular flexibility index (Phi) is 4.54. The van der Waals surface area contributed by atoms with Gasteiger partial charge in [0.15, 0.2) is 0 Å². The predicted molar refractivity (Wildman–Crippen MR) is 46.0 cm³/mol. The lowest BCUT2D eigenvalue weighted by molar-refractivity contribution is 0.469. The van der Waals surface area contributed by atoms with Gasteiger partial charge in [0.1, 0.15) is 0 Å². The molecule has 3 unspecified atom stereocenters. The van der Waals surface area contributed by atoms with Crippen molar-refractivity contribution in [2.24, 2.45) is 0 Å². The smallest absolute Gasteiger partial charge is 0.0282 e. The summed E-state index contributed by atoms with van der Waals surface area (Å²) < 4.78 is 41.0. The molecule has 6 heteroatoms. The van der Waals surface area contributed by atoms with Crippen LogP contribution in [0.5, 0.6) is 0 Å². The van der Waals surface area contributed by atoms with Gasteiger partial charge < -0.3 is 9.11 Å². The maximum Gasteiger partial charge on any atom is 0.0282 e. The Morgan fingerprint density at radius 2 is 1.75 bits per heavy atom. The monoisotopic (exact) mass is 212 g/mol. The average molecular weight is 212 g/mol. The molecule has 0 fully saturated rings. The van der Waals surface area contributed by atoms with Crippen LogP contribution < -0.4 is 0 Å². The highest BCUT2D eigenvalue weighted by Crippen LogP contribution is 2.20. The van der Waals surface area contributed by atoms with E-state index in [0.29, 0.717) is 0 Å². The van der Waals surface area contributed by atoms with Gasteiger partial charge in [0.05, 0.1) is 0 Å². The Morgan fingerprint density at radius 3 is 2.00 bits per heavy atom. The van der Waals surface area contributed by atoms with E-state index in [9.17, 15) is 17.5 Å². The number of rotatable bonds is 4. The zero-order chi connectivity index (χ0) is 9.94. The van der Waals surface area contributed by atoms with Gasteiger partial charge in [-0.25, -0.2) is 0 Å². The number of hydrogen-bond acceptors (Lipinski definition) is 4. The van der Waals surface area contributed by atoms with E-state index in [-0.39, 0.29) is 6.42 Å². The second kappa shape index (κ2) is 4.45. The van der Waals surface area contributed by atoms with Gasteiger partial charge in [0.25, 0.3) is 0 Å². The average Bonchev–Trinajstić information content (AvgIpc) is 1.85. The molecule has 0 aliphatic carbocycles. The zero-order valence-electron chi connectivity index (χ0n) is 7.23. The first-order valence-corrected chi connectivity index (χ1v) is 5.66. The first-order chi connectivity index (χ1) is 5.27. The molecule has 4 nitrogen and oxygen atoms in total. The Hall–Kier alpha value is 0.220. The summed E-state index contributed by atoms with van der Waals surface area (Å²) in [6.07, 6.45) is 0.124. The molecule has 0 spiro atoms. The van der Waals surface area contributed by atoms with E-state index in [2.05, 4.69) is 0 Å². The lowest BCUT2D eigenvalue weighted by atomic mass is 10.1. The molecule has 0 aliphatic heterocycles. The van der Waals surface area contributed by atoms with Gasteiger partial charge in [0.2, 0.25) is 0 Å². The van der Waals surface area contributed by atoms with E-state index < -0.39 is 32.2 Å². The molecule has 0 aromatic carbocycles. The third kappa shape index (κ3) is 3.75. The molecule has 0 rings (SSSR count). The van der Waals surface area contributed by atoms with Crippen LogP contribution in [0.15, 0.2) is 0 Å². The maximum absolute atomic E-state index is 10.6. The summed E-state index contributed by atoms with van der Waals surface area (Å²) in [6.45, 7) is 4.48. The van der Waals surface area contributed by atoms with Crippen molar-refractivity contribution < 1.29 is 17.5 Å². The molecule has 12 heavy (non-hydrogen) atoms. The highest BCUT2D eigenvalue weighted by molar-refractivity contribution is 7.81. The van der Waals surface area contributed by atoms with E-state index in [1.54, 1.807) is 0 Å². The quantitative estimate of drug-likeness (QED) is 0.628. The van der Waals surface area contributed by atoms with Crippen molar-refractivity contribution in [3.63, 3.8) is 0 Å². The Morgan fingerprint density at radius 1 is 1.33 bits per heavy atom. The Balaban J connectivity index is 4.24. The van der Waals surface area contributed by atoms with Crippen molar-refractivity contribution in [2.75, 3.05) is 0 Å². The third-order valence-corrected chi connectivity index (χ3v) is 3.45. The van der Waals surface area contributed by atoms with Crippen LogP contribution in [-0.2, 0) is 22.2 Å². The molecule has 0 heterocycles. The van der Waals surface area contributed by atoms with Crippen molar-refractivity contribution in [3.05, 3.63) is 0 Å². The topological polar surface area (TPSA) is 80.3 Å². The molecular weight excluding hydrogens is 200 g/mol. The fourth-order valence-corrected chi connectivity index (χ4v) is 1.87. The van der Waals surface area contributed by atoms with Crippen LogP contribution in [0.2, 0.25) is 0 Å². The number of hydrogen-bond donors (Lipinski definition) is 0. The largest absolute Gasteiger partial charge is 0.772 e. The van der Waals surface area contributed by atoms with Crippen LogP contribution in [0.25, 0.3) is 0 Å². The molecule has 0 saturated heterocycles. The van der Waals surface area contributed by atoms with Crippen LogP contribution in [0.1, 0.15) is 27.2 Å². The van der Waals surface area contributed by atoms with Crippen molar-refractivity contribution in [1.82, 2.24) is 0 Å². The maximum atomic E-state index is 10.6. The summed E-state index contributed by atoms with van der Waals surface area (Å²) in [4.78, 5) is 0. The Bertz CT molecular complexity index is 202. The predicted octanol–water partition coefficient (Wildman–Crippen LogP) is 0.302. The van der Waals surface area contributed by atoms with E-state index in [1.165, 1.54) is 20.8 Å².